The zero-order valence-electron chi connectivity index (χ0n) is 12.4. The number of carbonyl (C=O) groups is 2. The minimum Gasteiger partial charge on any atom is -0.478 e. The van der Waals surface area contributed by atoms with Gasteiger partial charge in [-0.05, 0) is 43.5 Å². The van der Waals surface area contributed by atoms with Crippen LogP contribution in [0.4, 0.5) is 10.5 Å². The fourth-order valence-electron chi connectivity index (χ4n) is 2.61. The number of carbonyl (C=O) groups excluding carboxylic acids is 1. The zero-order valence-corrected chi connectivity index (χ0v) is 12.4. The molecule has 0 atom stereocenters. The first-order chi connectivity index (χ1) is 9.90. The molecule has 0 aromatic heterocycles. The fraction of sp³-hybridized carbons (Fsp3) is 0.375. The van der Waals surface area contributed by atoms with E-state index in [1.165, 1.54) is 0 Å². The third kappa shape index (κ3) is 3.24. The first-order valence-corrected chi connectivity index (χ1v) is 6.93. The molecule has 0 saturated heterocycles. The van der Waals surface area contributed by atoms with Gasteiger partial charge in [-0.15, -0.1) is 0 Å². The summed E-state index contributed by atoms with van der Waals surface area (Å²) in [5.74, 6) is -0.944. The SMILES string of the molecule is C=C(C)CN(C)C(=O)N1CCCc2cc(C(=O)O)ccc21. The minimum absolute atomic E-state index is 0.0815. The Bertz CT molecular complexity index is 595. The van der Waals surface area contributed by atoms with E-state index < -0.39 is 5.97 Å². The Morgan fingerprint density at radius 3 is 2.76 bits per heavy atom. The maximum Gasteiger partial charge on any atom is 0.335 e. The third-order valence-corrected chi connectivity index (χ3v) is 3.51. The van der Waals surface area contributed by atoms with Gasteiger partial charge in [0, 0.05) is 25.8 Å². The average molecular weight is 288 g/mol. The van der Waals surface area contributed by atoms with Crippen LogP contribution in [0.25, 0.3) is 0 Å². The smallest absolute Gasteiger partial charge is 0.335 e. The quantitative estimate of drug-likeness (QED) is 0.870. The second kappa shape index (κ2) is 5.99. The molecule has 21 heavy (non-hydrogen) atoms. The number of nitrogens with zero attached hydrogens (tertiary/aromatic N) is 2. The molecule has 1 aliphatic rings. The number of rotatable bonds is 3. The molecule has 0 aliphatic carbocycles. The van der Waals surface area contributed by atoms with Gasteiger partial charge in [0.2, 0.25) is 0 Å². The first kappa shape index (κ1) is 15.1. The molecule has 2 rings (SSSR count). The molecule has 0 radical (unpaired) electrons. The molecule has 5 heteroatoms. The lowest BCUT2D eigenvalue weighted by atomic mass is 9.99. The summed E-state index contributed by atoms with van der Waals surface area (Å²) in [6, 6.07) is 4.85. The Balaban J connectivity index is 2.27. The molecule has 2 amide bonds. The van der Waals surface area contributed by atoms with Gasteiger partial charge in [0.05, 0.1) is 5.56 Å². The highest BCUT2D eigenvalue weighted by Crippen LogP contribution is 2.29. The van der Waals surface area contributed by atoms with Crippen LogP contribution in [-0.2, 0) is 6.42 Å². The van der Waals surface area contributed by atoms with Gasteiger partial charge in [0.15, 0.2) is 0 Å². The summed E-state index contributed by atoms with van der Waals surface area (Å²) in [6.07, 6.45) is 1.63. The Morgan fingerprint density at radius 2 is 2.14 bits per heavy atom. The predicted octanol–water partition coefficient (Wildman–Crippen LogP) is 2.77. The van der Waals surface area contributed by atoms with Crippen LogP contribution in [0.3, 0.4) is 0 Å². The van der Waals surface area contributed by atoms with Crippen LogP contribution in [0.2, 0.25) is 0 Å². The lowest BCUT2D eigenvalue weighted by Crippen LogP contribution is -2.44. The van der Waals surface area contributed by atoms with E-state index in [0.29, 0.717) is 13.1 Å². The molecule has 0 spiro atoms. The average Bonchev–Trinajstić information content (AvgIpc) is 2.44. The number of carboxylic acids is 1. The normalized spacial score (nSPS) is 13.5. The van der Waals surface area contributed by atoms with Crippen LogP contribution in [0.1, 0.15) is 29.3 Å². The molecule has 112 valence electrons. The topological polar surface area (TPSA) is 60.9 Å². The summed E-state index contributed by atoms with van der Waals surface area (Å²) < 4.78 is 0. The maximum atomic E-state index is 12.5. The monoisotopic (exact) mass is 288 g/mol. The Morgan fingerprint density at radius 1 is 1.43 bits per heavy atom. The molecule has 1 aromatic carbocycles. The first-order valence-electron chi connectivity index (χ1n) is 6.93. The van der Waals surface area contributed by atoms with Gasteiger partial charge in [-0.2, -0.15) is 0 Å². The fourth-order valence-corrected chi connectivity index (χ4v) is 2.61. The Hall–Kier alpha value is -2.30. The van der Waals surface area contributed by atoms with E-state index in [1.807, 2.05) is 6.92 Å². The van der Waals surface area contributed by atoms with Gasteiger partial charge < -0.3 is 10.0 Å². The van der Waals surface area contributed by atoms with E-state index >= 15 is 0 Å². The van der Waals surface area contributed by atoms with Crippen LogP contribution in [0.15, 0.2) is 30.4 Å². The standard InChI is InChI=1S/C16H20N2O3/c1-11(2)10-17(3)16(21)18-8-4-5-12-9-13(15(19)20)6-7-14(12)18/h6-7,9H,1,4-5,8,10H2,2-3H3,(H,19,20). The van der Waals surface area contributed by atoms with Crippen molar-refractivity contribution in [3.05, 3.63) is 41.5 Å². The predicted molar refractivity (Wildman–Crippen MR) is 81.9 cm³/mol. The van der Waals surface area contributed by atoms with Gasteiger partial charge in [-0.3, -0.25) is 4.90 Å². The van der Waals surface area contributed by atoms with Crippen LogP contribution in [0, 0.1) is 0 Å². The zero-order chi connectivity index (χ0) is 15.6. The van der Waals surface area contributed by atoms with E-state index in [4.69, 9.17) is 5.11 Å². The number of benzene rings is 1. The lowest BCUT2D eigenvalue weighted by Gasteiger charge is -2.33. The maximum absolute atomic E-state index is 12.5. The molecule has 1 aromatic rings. The van der Waals surface area contributed by atoms with Crippen molar-refractivity contribution in [3.63, 3.8) is 0 Å². The summed E-state index contributed by atoms with van der Waals surface area (Å²) in [5.41, 5.74) is 2.91. The van der Waals surface area contributed by atoms with E-state index in [-0.39, 0.29) is 11.6 Å². The second-order valence-corrected chi connectivity index (χ2v) is 5.50. The highest BCUT2D eigenvalue weighted by atomic mass is 16.4. The van der Waals surface area contributed by atoms with Crippen molar-refractivity contribution in [3.8, 4) is 0 Å². The number of likely N-dealkylation sites (N-methyl/N-ethyl adjacent to an activating group) is 1. The Labute approximate surface area is 124 Å². The van der Waals surface area contributed by atoms with Gasteiger partial charge >= 0.3 is 12.0 Å². The molecular weight excluding hydrogens is 268 g/mol. The summed E-state index contributed by atoms with van der Waals surface area (Å²) in [4.78, 5) is 26.9. The summed E-state index contributed by atoms with van der Waals surface area (Å²) in [5, 5.41) is 9.05. The minimum atomic E-state index is -0.944. The molecule has 1 aliphatic heterocycles. The molecule has 0 saturated carbocycles. The molecule has 1 heterocycles. The largest absolute Gasteiger partial charge is 0.478 e. The van der Waals surface area contributed by atoms with Crippen LogP contribution in [0.5, 0.6) is 0 Å². The Kier molecular flexibility index (Phi) is 4.31. The van der Waals surface area contributed by atoms with Gasteiger partial charge in [0.25, 0.3) is 0 Å². The highest BCUT2D eigenvalue weighted by Gasteiger charge is 2.25. The summed E-state index contributed by atoms with van der Waals surface area (Å²) in [7, 11) is 1.75. The van der Waals surface area contributed by atoms with Crippen molar-refractivity contribution in [2.45, 2.75) is 19.8 Å². The molecule has 1 N–H and O–H groups in total. The van der Waals surface area contributed by atoms with E-state index in [2.05, 4.69) is 6.58 Å². The van der Waals surface area contributed by atoms with Crippen molar-refractivity contribution in [2.24, 2.45) is 0 Å². The van der Waals surface area contributed by atoms with E-state index in [9.17, 15) is 9.59 Å². The van der Waals surface area contributed by atoms with Crippen molar-refractivity contribution < 1.29 is 14.7 Å². The van der Waals surface area contributed by atoms with Crippen LogP contribution < -0.4 is 4.90 Å². The number of hydrogen-bond donors (Lipinski definition) is 1. The van der Waals surface area contributed by atoms with E-state index in [1.54, 1.807) is 35.0 Å². The molecule has 0 fully saturated rings. The number of amides is 2. The van der Waals surface area contributed by atoms with E-state index in [0.717, 1.165) is 29.7 Å². The molecule has 5 nitrogen and oxygen atoms in total. The number of hydrogen-bond acceptors (Lipinski definition) is 2. The van der Waals surface area contributed by atoms with Crippen LogP contribution >= 0.6 is 0 Å². The number of fused-ring (bicyclic) bond motifs is 1. The van der Waals surface area contributed by atoms with Crippen molar-refractivity contribution in [1.82, 2.24) is 4.90 Å². The third-order valence-electron chi connectivity index (χ3n) is 3.51. The second-order valence-electron chi connectivity index (χ2n) is 5.50. The number of carboxylic acid groups (broad SMARTS) is 1. The molecular formula is C16H20N2O3. The van der Waals surface area contributed by atoms with Crippen molar-refractivity contribution in [2.75, 3.05) is 25.0 Å². The van der Waals surface area contributed by atoms with Crippen molar-refractivity contribution in [1.29, 1.82) is 0 Å². The number of aryl methyl sites for hydroxylation is 1. The molecule has 0 unspecified atom stereocenters. The van der Waals surface area contributed by atoms with Crippen molar-refractivity contribution >= 4 is 17.7 Å². The van der Waals surface area contributed by atoms with Gasteiger partial charge in [-0.1, -0.05) is 12.2 Å². The lowest BCUT2D eigenvalue weighted by molar-refractivity contribution is 0.0696. The number of aromatic carboxylic acids is 1. The van der Waals surface area contributed by atoms with Crippen LogP contribution in [-0.4, -0.2) is 42.1 Å². The number of anilines is 1. The van der Waals surface area contributed by atoms with Gasteiger partial charge in [0.1, 0.15) is 0 Å². The number of urea groups is 1. The molecule has 0 bridgehead atoms. The highest BCUT2D eigenvalue weighted by molar-refractivity contribution is 5.95. The summed E-state index contributed by atoms with van der Waals surface area (Å²) in [6.45, 7) is 6.87. The summed E-state index contributed by atoms with van der Waals surface area (Å²) >= 11 is 0. The van der Waals surface area contributed by atoms with Gasteiger partial charge in [-0.25, -0.2) is 9.59 Å².